The molecule has 5 heterocycles. The summed E-state index contributed by atoms with van der Waals surface area (Å²) in [6, 6.07) is 23.2. The molecule has 2 saturated heterocycles. The highest BCUT2D eigenvalue weighted by Gasteiger charge is 2.43. The minimum Gasteiger partial charge on any atom is -0.492 e. The van der Waals surface area contributed by atoms with Crippen molar-refractivity contribution in [3.05, 3.63) is 131 Å². The van der Waals surface area contributed by atoms with Gasteiger partial charge in [0.05, 0.1) is 60.3 Å². The van der Waals surface area contributed by atoms with Crippen molar-refractivity contribution in [3.63, 3.8) is 0 Å². The average Bonchev–Trinajstić information content (AvgIpc) is 4.03. The molecule has 3 atom stereocenters. The molecule has 3 aromatic carbocycles. The number of carbonyl (C=O) groups excluding carboxylic acids is 2. The van der Waals surface area contributed by atoms with E-state index in [0.717, 1.165) is 114 Å². The SMILES string of the molecule is C=C(NCc1ccc(-c2scnc2C)cc1)[C@@H]1C[C@@H](O)CN1C(=O)[C@@H](NC(=O)COCCCCCN1CCN(CCOc2ccc3cc2COC/C=C/COCc2cccc(c2)-c2ccnc(n2)N3)CC1)C(C)(C)C. The van der Waals surface area contributed by atoms with E-state index in [4.69, 9.17) is 23.9 Å². The summed E-state index contributed by atoms with van der Waals surface area (Å²) in [5, 5.41) is 20.5. The van der Waals surface area contributed by atoms with E-state index in [1.807, 2.05) is 81.8 Å². The van der Waals surface area contributed by atoms with Gasteiger partial charge in [-0.25, -0.2) is 15.0 Å². The summed E-state index contributed by atoms with van der Waals surface area (Å²) < 4.78 is 24.1. The fourth-order valence-corrected chi connectivity index (χ4v) is 10.4. The van der Waals surface area contributed by atoms with E-state index in [9.17, 15) is 14.7 Å². The third-order valence-corrected chi connectivity index (χ3v) is 14.8. The molecule has 5 aromatic rings. The normalized spacial score (nSPS) is 18.5. The number of ether oxygens (including phenoxy) is 4. The minimum absolute atomic E-state index is 0.126. The zero-order chi connectivity index (χ0) is 52.6. The summed E-state index contributed by atoms with van der Waals surface area (Å²) in [5.74, 6) is 0.723. The van der Waals surface area contributed by atoms with Gasteiger partial charge >= 0.3 is 0 Å². The van der Waals surface area contributed by atoms with Crippen LogP contribution in [0.5, 0.6) is 5.75 Å². The van der Waals surface area contributed by atoms with Gasteiger partial charge in [0.15, 0.2) is 0 Å². The van der Waals surface area contributed by atoms with Gasteiger partial charge in [-0.3, -0.25) is 14.5 Å². The van der Waals surface area contributed by atoms with Crippen LogP contribution in [0.25, 0.3) is 21.7 Å². The van der Waals surface area contributed by atoms with Crippen LogP contribution in [0.3, 0.4) is 0 Å². The van der Waals surface area contributed by atoms with Crippen LogP contribution in [0.2, 0.25) is 0 Å². The highest BCUT2D eigenvalue weighted by atomic mass is 32.1. The Labute approximate surface area is 446 Å². The molecule has 2 fully saturated rings. The molecule has 75 heavy (non-hydrogen) atoms. The molecular formula is C58H75N9O7S. The molecule has 6 bridgehead atoms. The average molecular weight is 1040 g/mol. The van der Waals surface area contributed by atoms with Crippen molar-refractivity contribution in [1.82, 2.24) is 40.3 Å². The Hall–Kier alpha value is -6.05. The van der Waals surface area contributed by atoms with Crippen molar-refractivity contribution < 1.29 is 33.6 Å². The highest BCUT2D eigenvalue weighted by molar-refractivity contribution is 7.13. The van der Waals surface area contributed by atoms with Crippen LogP contribution in [0, 0.1) is 12.3 Å². The van der Waals surface area contributed by atoms with Crippen LogP contribution < -0.4 is 20.7 Å². The molecule has 2 aromatic heterocycles. The number of nitrogens with zero attached hydrogens (tertiary/aromatic N) is 6. The second kappa shape index (κ2) is 27.1. The first-order chi connectivity index (χ1) is 36.4. The molecular weight excluding hydrogens is 967 g/mol. The number of β-amino-alcohol motifs (C(OH)–C–C–N with tert-alkyl or cyclic N) is 1. The lowest BCUT2D eigenvalue weighted by molar-refractivity contribution is -0.141. The maximum atomic E-state index is 14.2. The Kier molecular flexibility index (Phi) is 20.0. The van der Waals surface area contributed by atoms with Gasteiger partial charge in [-0.2, -0.15) is 0 Å². The Morgan fingerprint density at radius 2 is 1.68 bits per heavy atom. The number of likely N-dealkylation sites (tertiary alicyclic amines) is 1. The first-order valence-electron chi connectivity index (χ1n) is 26.3. The predicted octanol–water partition coefficient (Wildman–Crippen LogP) is 7.90. The number of hydrogen-bond donors (Lipinski definition) is 4. The van der Waals surface area contributed by atoms with Crippen molar-refractivity contribution in [2.24, 2.45) is 5.41 Å². The van der Waals surface area contributed by atoms with Gasteiger partial charge in [-0.1, -0.05) is 82.0 Å². The number of nitrogens with one attached hydrogen (secondary N) is 3. The number of anilines is 2. The quantitative estimate of drug-likeness (QED) is 0.0464. The zero-order valence-corrected chi connectivity index (χ0v) is 44.9. The summed E-state index contributed by atoms with van der Waals surface area (Å²) in [7, 11) is 0. The summed E-state index contributed by atoms with van der Waals surface area (Å²) >= 11 is 1.62. The van der Waals surface area contributed by atoms with Gasteiger partial charge in [0, 0.05) is 87.5 Å². The largest absolute Gasteiger partial charge is 0.492 e. The van der Waals surface area contributed by atoms with Crippen LogP contribution in [0.1, 0.15) is 68.8 Å². The maximum Gasteiger partial charge on any atom is 0.246 e. The molecule has 2 amide bonds. The lowest BCUT2D eigenvalue weighted by atomic mass is 9.85. The van der Waals surface area contributed by atoms with Crippen LogP contribution in [-0.4, -0.2) is 144 Å². The van der Waals surface area contributed by atoms with E-state index in [1.165, 1.54) is 0 Å². The molecule has 0 aliphatic carbocycles. The van der Waals surface area contributed by atoms with Crippen molar-refractivity contribution >= 4 is 34.8 Å². The van der Waals surface area contributed by atoms with Gasteiger partial charge in [0.25, 0.3) is 0 Å². The number of carbonyl (C=O) groups is 2. The van der Waals surface area contributed by atoms with Crippen molar-refractivity contribution in [2.45, 2.75) is 91.3 Å². The molecule has 4 N–H and O–H groups in total. The first-order valence-corrected chi connectivity index (χ1v) is 27.2. The van der Waals surface area contributed by atoms with Gasteiger partial charge < -0.3 is 49.8 Å². The lowest BCUT2D eigenvalue weighted by Gasteiger charge is -2.36. The van der Waals surface area contributed by atoms with Crippen LogP contribution in [-0.2, 0) is 43.6 Å². The van der Waals surface area contributed by atoms with Crippen molar-refractivity contribution in [3.8, 4) is 27.4 Å². The summed E-state index contributed by atoms with van der Waals surface area (Å²) in [5.41, 5.74) is 9.84. The molecule has 16 nitrogen and oxygen atoms in total. The molecule has 0 saturated carbocycles. The van der Waals surface area contributed by atoms with Crippen LogP contribution >= 0.6 is 11.3 Å². The van der Waals surface area contributed by atoms with Crippen molar-refractivity contribution in [1.29, 1.82) is 0 Å². The van der Waals surface area contributed by atoms with Gasteiger partial charge in [-0.15, -0.1) is 11.3 Å². The van der Waals surface area contributed by atoms with E-state index in [1.54, 1.807) is 22.4 Å². The van der Waals surface area contributed by atoms with E-state index < -0.39 is 23.6 Å². The number of aryl methyl sites for hydroxylation is 1. The van der Waals surface area contributed by atoms with E-state index >= 15 is 0 Å². The number of piperazine rings is 1. The zero-order valence-electron chi connectivity index (χ0n) is 44.1. The molecule has 0 radical (unpaired) electrons. The summed E-state index contributed by atoms with van der Waals surface area (Å²) in [6.45, 7) is 21.3. The predicted molar refractivity (Wildman–Crippen MR) is 294 cm³/mol. The number of amides is 2. The monoisotopic (exact) mass is 1040 g/mol. The van der Waals surface area contributed by atoms with E-state index in [-0.39, 0.29) is 25.0 Å². The number of thiazole rings is 1. The number of fused-ring (bicyclic) bond motifs is 7. The first kappa shape index (κ1) is 55.2. The second-order valence-corrected chi connectivity index (χ2v) is 21.5. The Morgan fingerprint density at radius 3 is 2.44 bits per heavy atom. The van der Waals surface area contributed by atoms with Crippen LogP contribution in [0.15, 0.2) is 109 Å². The fraction of sp³-hybridized carbons (Fsp3) is 0.466. The standard InChI is InChI=1S/C58H75N9O7S/c1-41(60-35-43-14-16-45(17-15-43)54-42(2)61-40-75-54)51-34-49(68)36-67(51)56(70)55(58(3,4)5)64-53(69)39-73-28-8-6-7-22-65-23-25-66(26-24-65)27-31-74-52-19-18-48-33-47(52)38-72-30-10-9-29-71-37-44-12-11-13-46(32-44)50-20-21-59-57(62-48)63-50/h9-21,32-33,40,49,51,55,60,68H,1,6-8,22-31,34-39H2,2-5H3,(H,64,69)(H,59,62,63)/b10-9+/t49-,51+,55-/m1/s1. The number of benzene rings is 3. The number of aliphatic hydroxyl groups excluding tert-OH is 1. The van der Waals surface area contributed by atoms with Gasteiger partial charge in [0.2, 0.25) is 17.8 Å². The smallest absolute Gasteiger partial charge is 0.246 e. The van der Waals surface area contributed by atoms with E-state index in [2.05, 4.69) is 78.7 Å². The molecule has 0 unspecified atom stereocenters. The lowest BCUT2D eigenvalue weighted by Crippen LogP contribution is -2.57. The topological polar surface area (TPSA) is 176 Å². The Bertz CT molecular complexity index is 2680. The molecule has 3 aliphatic rings. The molecule has 17 heteroatoms. The second-order valence-electron chi connectivity index (χ2n) is 20.7. The number of aromatic nitrogens is 3. The number of aliphatic hydroxyl groups is 1. The van der Waals surface area contributed by atoms with Crippen LogP contribution in [0.4, 0.5) is 11.6 Å². The maximum absolute atomic E-state index is 14.2. The summed E-state index contributed by atoms with van der Waals surface area (Å²) in [4.78, 5) is 48.8. The Balaban J connectivity index is 0.711. The van der Waals surface area contributed by atoms with Crippen molar-refractivity contribution in [2.75, 3.05) is 84.2 Å². The highest BCUT2D eigenvalue weighted by Crippen LogP contribution is 2.31. The van der Waals surface area contributed by atoms with Gasteiger partial charge in [0.1, 0.15) is 25.0 Å². The number of hydrogen-bond acceptors (Lipinski definition) is 15. The number of rotatable bonds is 19. The third-order valence-electron chi connectivity index (χ3n) is 13.8. The third kappa shape index (κ3) is 16.2. The molecule has 0 spiro atoms. The van der Waals surface area contributed by atoms with Gasteiger partial charge in [-0.05, 0) is 85.2 Å². The van der Waals surface area contributed by atoms with E-state index in [0.29, 0.717) is 64.3 Å². The fourth-order valence-electron chi connectivity index (χ4n) is 9.55. The molecule has 8 rings (SSSR count). The Morgan fingerprint density at radius 1 is 0.907 bits per heavy atom. The summed E-state index contributed by atoms with van der Waals surface area (Å²) in [6.07, 6.45) is 8.30. The minimum atomic E-state index is -0.809. The molecule has 3 aliphatic heterocycles. The number of unbranched alkanes of at least 4 members (excludes halogenated alkanes) is 2. The molecule has 400 valence electrons.